The molecule has 0 bridgehead atoms. The fourth-order valence-electron chi connectivity index (χ4n) is 3.99. The molecule has 0 saturated carbocycles. The van der Waals surface area contributed by atoms with E-state index in [1.165, 1.54) is 16.8 Å². The molecule has 1 atom stereocenters. The second kappa shape index (κ2) is 7.74. The Morgan fingerprint density at radius 3 is 2.75 bits per heavy atom. The minimum atomic E-state index is -3.15. The van der Waals surface area contributed by atoms with Gasteiger partial charge < -0.3 is 10.1 Å². The van der Waals surface area contributed by atoms with E-state index >= 15 is 0 Å². The van der Waals surface area contributed by atoms with E-state index in [1.807, 2.05) is 13.8 Å². The van der Waals surface area contributed by atoms with Gasteiger partial charge in [0.25, 0.3) is 6.43 Å². The highest BCUT2D eigenvalue weighted by Crippen LogP contribution is 2.47. The van der Waals surface area contributed by atoms with Crippen molar-refractivity contribution in [2.75, 3.05) is 5.32 Å². The maximum absolute atomic E-state index is 13.1. The Labute approximate surface area is 178 Å². The van der Waals surface area contributed by atoms with Crippen LogP contribution in [0.3, 0.4) is 0 Å². The van der Waals surface area contributed by atoms with E-state index in [2.05, 4.69) is 25.1 Å². The topological polar surface area (TPSA) is 105 Å². The highest BCUT2D eigenvalue weighted by molar-refractivity contribution is 5.97. The second-order valence-electron chi connectivity index (χ2n) is 7.91. The summed E-state index contributed by atoms with van der Waals surface area (Å²) < 4.78 is 56.5. The average molecular weight is 448 g/mol. The Bertz CT molecular complexity index is 1250. The van der Waals surface area contributed by atoms with Gasteiger partial charge in [-0.15, -0.1) is 0 Å². The quantitative estimate of drug-likeness (QED) is 0.593. The number of hydrogen-bond acceptors (Lipinski definition) is 6. The number of anilines is 1. The molecule has 3 aromatic heterocycles. The van der Waals surface area contributed by atoms with E-state index in [-0.39, 0.29) is 16.9 Å². The lowest BCUT2D eigenvalue weighted by atomic mass is 9.86. The number of aromatic nitrogens is 4. The maximum atomic E-state index is 13.1. The molecule has 1 aliphatic carbocycles. The van der Waals surface area contributed by atoms with Gasteiger partial charge in [0.05, 0.1) is 30.2 Å². The van der Waals surface area contributed by atoms with E-state index < -0.39 is 41.9 Å². The van der Waals surface area contributed by atoms with Crippen molar-refractivity contribution in [3.8, 4) is 11.9 Å². The van der Waals surface area contributed by atoms with Crippen molar-refractivity contribution in [1.82, 2.24) is 19.6 Å². The van der Waals surface area contributed by atoms with Crippen LogP contribution in [-0.4, -0.2) is 32.1 Å². The van der Waals surface area contributed by atoms with E-state index in [9.17, 15) is 22.4 Å². The van der Waals surface area contributed by atoms with Gasteiger partial charge in [0, 0.05) is 5.56 Å². The first-order valence-electron chi connectivity index (χ1n) is 9.43. The Morgan fingerprint density at radius 1 is 1.34 bits per heavy atom. The van der Waals surface area contributed by atoms with Crippen molar-refractivity contribution in [2.45, 2.75) is 44.6 Å². The highest BCUT2D eigenvalue weighted by Gasteiger charge is 2.43. The molecule has 0 fully saturated rings. The number of hydrogen-bond donors (Lipinski definition) is 1. The zero-order chi connectivity index (χ0) is 23.2. The van der Waals surface area contributed by atoms with E-state index in [0.717, 1.165) is 12.4 Å². The Morgan fingerprint density at radius 2 is 2.09 bits per heavy atom. The fourth-order valence-corrected chi connectivity index (χ4v) is 3.99. The largest absolute Gasteiger partial charge is 0.415 e. The molecule has 4 rings (SSSR count). The number of nitrogens with one attached hydrogen (secondary N) is 1. The van der Waals surface area contributed by atoms with Crippen LogP contribution >= 0.6 is 0 Å². The summed E-state index contributed by atoms with van der Waals surface area (Å²) in [5.74, 6) is -1.67. The molecule has 32 heavy (non-hydrogen) atoms. The number of nitrogens with zero attached hydrogens (tertiary/aromatic N) is 5. The number of carbonyl (C=O) groups excluding carboxylic acids is 1. The maximum Gasteiger partial charge on any atom is 0.388 e. The lowest BCUT2D eigenvalue weighted by molar-refractivity contribution is -0.117. The van der Waals surface area contributed by atoms with Crippen LogP contribution in [0.2, 0.25) is 0 Å². The summed E-state index contributed by atoms with van der Waals surface area (Å²) in [5, 5.41) is 15.9. The number of imidazole rings is 1. The first-order valence-corrected chi connectivity index (χ1v) is 9.43. The monoisotopic (exact) mass is 448 g/mol. The SMILES string of the molecule is CC1(C)C[C@@H](C(=O)Nc2cnc(OC(F)F)c(C#N)c2)c2cnn3cc(C(F)F)nc3c21. The predicted octanol–water partition coefficient (Wildman–Crippen LogP) is 3.94. The number of rotatable bonds is 5. The normalized spacial score (nSPS) is 16.9. The number of fused-ring (bicyclic) bond motifs is 3. The van der Waals surface area contributed by atoms with Gasteiger partial charge in [-0.25, -0.2) is 23.3 Å². The number of amides is 1. The summed E-state index contributed by atoms with van der Waals surface area (Å²) in [5.41, 5.74) is 0.353. The number of ether oxygens (including phenoxy) is 1. The molecular weight excluding hydrogens is 432 g/mol. The van der Waals surface area contributed by atoms with Crippen LogP contribution in [0.1, 0.15) is 55.0 Å². The van der Waals surface area contributed by atoms with Crippen LogP contribution in [0.5, 0.6) is 5.88 Å². The second-order valence-corrected chi connectivity index (χ2v) is 7.91. The zero-order valence-electron chi connectivity index (χ0n) is 16.8. The Hall–Kier alpha value is -3.75. The summed E-state index contributed by atoms with van der Waals surface area (Å²) >= 11 is 0. The van der Waals surface area contributed by atoms with Gasteiger partial charge in [0.1, 0.15) is 17.3 Å². The molecule has 3 heterocycles. The third kappa shape index (κ3) is 3.70. The third-order valence-electron chi connectivity index (χ3n) is 5.29. The summed E-state index contributed by atoms with van der Waals surface area (Å²) in [6.07, 6.45) is 1.31. The van der Waals surface area contributed by atoms with Gasteiger partial charge >= 0.3 is 6.61 Å². The summed E-state index contributed by atoms with van der Waals surface area (Å²) in [7, 11) is 0. The number of alkyl halides is 4. The molecule has 1 aliphatic rings. The van der Waals surface area contributed by atoms with Crippen LogP contribution < -0.4 is 10.1 Å². The molecule has 0 aliphatic heterocycles. The van der Waals surface area contributed by atoms with Gasteiger partial charge in [-0.05, 0) is 23.5 Å². The summed E-state index contributed by atoms with van der Waals surface area (Å²) in [6.45, 7) is 0.605. The van der Waals surface area contributed by atoms with E-state index in [1.54, 1.807) is 6.07 Å². The summed E-state index contributed by atoms with van der Waals surface area (Å²) in [4.78, 5) is 20.7. The van der Waals surface area contributed by atoms with Crippen LogP contribution in [0.25, 0.3) is 5.65 Å². The molecular formula is C20H16F4N6O2. The molecule has 0 saturated heterocycles. The smallest absolute Gasteiger partial charge is 0.388 e. The van der Waals surface area contributed by atoms with Gasteiger partial charge in [-0.1, -0.05) is 13.8 Å². The van der Waals surface area contributed by atoms with Gasteiger partial charge in [-0.2, -0.15) is 19.1 Å². The molecule has 12 heteroatoms. The highest BCUT2D eigenvalue weighted by atomic mass is 19.3. The molecule has 0 radical (unpaired) electrons. The molecule has 166 valence electrons. The van der Waals surface area contributed by atoms with Crippen molar-refractivity contribution in [3.05, 3.63) is 47.0 Å². The zero-order valence-corrected chi connectivity index (χ0v) is 16.8. The Kier molecular flexibility index (Phi) is 5.20. The lowest BCUT2D eigenvalue weighted by Gasteiger charge is -2.19. The molecule has 3 aromatic rings. The molecule has 0 unspecified atom stereocenters. The first-order chi connectivity index (χ1) is 15.1. The molecule has 8 nitrogen and oxygen atoms in total. The number of pyridine rings is 1. The first kappa shape index (κ1) is 21.5. The molecule has 1 N–H and O–H groups in total. The van der Waals surface area contributed by atoms with Gasteiger partial charge in [-0.3, -0.25) is 4.79 Å². The van der Waals surface area contributed by atoms with Crippen molar-refractivity contribution in [1.29, 1.82) is 5.26 Å². The summed E-state index contributed by atoms with van der Waals surface area (Å²) in [6, 6.07) is 2.87. The molecule has 0 spiro atoms. The van der Waals surface area contributed by atoms with Crippen molar-refractivity contribution < 1.29 is 27.1 Å². The van der Waals surface area contributed by atoms with E-state index in [4.69, 9.17) is 5.26 Å². The standard InChI is InChI=1S/C20H16F4N6O2/c1-20(2)4-11(12-7-27-30-8-13(15(21)22)29-16(30)14(12)20)17(31)28-10-3-9(5-25)18(26-6-10)32-19(23)24/h3,6-8,11,15,19H,4H2,1-2H3,(H,28,31)/t11-/m1/s1. The van der Waals surface area contributed by atoms with Crippen molar-refractivity contribution >= 4 is 17.2 Å². The van der Waals surface area contributed by atoms with Crippen LogP contribution in [-0.2, 0) is 10.2 Å². The number of halogens is 4. The minimum Gasteiger partial charge on any atom is -0.415 e. The molecule has 0 aromatic carbocycles. The van der Waals surface area contributed by atoms with Gasteiger partial charge in [0.2, 0.25) is 11.8 Å². The fraction of sp³-hybridized carbons (Fsp3) is 0.350. The van der Waals surface area contributed by atoms with Gasteiger partial charge in [0.15, 0.2) is 5.65 Å². The number of nitriles is 1. The predicted molar refractivity (Wildman–Crippen MR) is 103 cm³/mol. The lowest BCUT2D eigenvalue weighted by Crippen LogP contribution is -2.21. The average Bonchev–Trinajstić information content (AvgIpc) is 3.27. The minimum absolute atomic E-state index is 0.120. The van der Waals surface area contributed by atoms with Crippen LogP contribution in [0, 0.1) is 11.3 Å². The van der Waals surface area contributed by atoms with Crippen LogP contribution in [0.4, 0.5) is 23.2 Å². The number of carbonyl (C=O) groups is 1. The van der Waals surface area contributed by atoms with Crippen molar-refractivity contribution in [3.63, 3.8) is 0 Å². The molecule has 1 amide bonds. The Balaban J connectivity index is 1.66. The third-order valence-corrected chi connectivity index (χ3v) is 5.29. The van der Waals surface area contributed by atoms with E-state index in [0.29, 0.717) is 17.5 Å². The van der Waals surface area contributed by atoms with Crippen LogP contribution in [0.15, 0.2) is 24.7 Å². The van der Waals surface area contributed by atoms with Crippen molar-refractivity contribution in [2.24, 2.45) is 0 Å².